The number of hydrogen-bond donors (Lipinski definition) is 1. The van der Waals surface area contributed by atoms with E-state index in [-0.39, 0.29) is 0 Å². The Balaban J connectivity index is 1.86. The van der Waals surface area contributed by atoms with Crippen LogP contribution >= 0.6 is 0 Å². The van der Waals surface area contributed by atoms with E-state index in [4.69, 9.17) is 0 Å². The number of nitrogens with one attached hydrogen (secondary N) is 1. The number of aromatic nitrogens is 2. The molecule has 0 bridgehead atoms. The highest BCUT2D eigenvalue weighted by atomic mass is 15.2. The lowest BCUT2D eigenvalue weighted by Crippen LogP contribution is -2.47. The summed E-state index contributed by atoms with van der Waals surface area (Å²) in [5.41, 5.74) is 1.14. The zero-order chi connectivity index (χ0) is 13.7. The van der Waals surface area contributed by atoms with Crippen LogP contribution in [0, 0.1) is 6.92 Å². The number of aryl methyl sites for hydroxylation is 1. The molecule has 0 saturated carbocycles. The van der Waals surface area contributed by atoms with Crippen molar-refractivity contribution in [1.29, 1.82) is 0 Å². The van der Waals surface area contributed by atoms with Gasteiger partial charge in [0.2, 0.25) is 0 Å². The molecule has 2 atom stereocenters. The molecule has 1 aromatic rings. The normalized spacial score (nSPS) is 24.6. The third-order valence-corrected chi connectivity index (χ3v) is 3.90. The van der Waals surface area contributed by atoms with Crippen LogP contribution in [0.2, 0.25) is 0 Å². The summed E-state index contributed by atoms with van der Waals surface area (Å²) in [5, 5.41) is 3.64. The van der Waals surface area contributed by atoms with Gasteiger partial charge in [-0.2, -0.15) is 0 Å². The predicted octanol–water partition coefficient (Wildman–Crippen LogP) is 2.14. The van der Waals surface area contributed by atoms with Crippen LogP contribution in [0.15, 0.2) is 12.3 Å². The predicted molar refractivity (Wildman–Crippen MR) is 78.0 cm³/mol. The minimum absolute atomic E-state index is 0.623. The van der Waals surface area contributed by atoms with Crippen molar-refractivity contribution in [3.05, 3.63) is 23.8 Å². The molecule has 2 heterocycles. The van der Waals surface area contributed by atoms with Gasteiger partial charge >= 0.3 is 0 Å². The van der Waals surface area contributed by atoms with Crippen molar-refractivity contribution in [2.45, 2.75) is 58.7 Å². The average molecular weight is 262 g/mol. The fourth-order valence-electron chi connectivity index (χ4n) is 2.79. The van der Waals surface area contributed by atoms with Crippen molar-refractivity contribution < 1.29 is 0 Å². The second-order valence-electron chi connectivity index (χ2n) is 5.59. The number of likely N-dealkylation sites (tertiary alicyclic amines) is 1. The zero-order valence-corrected chi connectivity index (χ0v) is 12.4. The molecule has 19 heavy (non-hydrogen) atoms. The summed E-state index contributed by atoms with van der Waals surface area (Å²) in [6.07, 6.45) is 5.56. The Bertz CT molecular complexity index is 393. The van der Waals surface area contributed by atoms with Crippen molar-refractivity contribution in [1.82, 2.24) is 20.2 Å². The van der Waals surface area contributed by atoms with Gasteiger partial charge in [-0.3, -0.25) is 4.90 Å². The van der Waals surface area contributed by atoms with Crippen LogP contribution in [0.4, 0.5) is 0 Å². The van der Waals surface area contributed by atoms with Crippen LogP contribution in [0.1, 0.15) is 44.6 Å². The van der Waals surface area contributed by atoms with Gasteiger partial charge in [0.15, 0.2) is 0 Å². The van der Waals surface area contributed by atoms with Crippen LogP contribution in [0.25, 0.3) is 0 Å². The van der Waals surface area contributed by atoms with Gasteiger partial charge in [0, 0.05) is 31.4 Å². The first kappa shape index (κ1) is 14.4. The van der Waals surface area contributed by atoms with E-state index in [0.29, 0.717) is 12.1 Å². The average Bonchev–Trinajstić information content (AvgIpc) is 2.39. The summed E-state index contributed by atoms with van der Waals surface area (Å²) in [4.78, 5) is 11.2. The summed E-state index contributed by atoms with van der Waals surface area (Å²) in [6, 6.07) is 3.35. The van der Waals surface area contributed by atoms with Crippen LogP contribution in [-0.4, -0.2) is 40.0 Å². The van der Waals surface area contributed by atoms with Gasteiger partial charge in [-0.1, -0.05) is 6.92 Å². The van der Waals surface area contributed by atoms with E-state index >= 15 is 0 Å². The molecule has 1 fully saturated rings. The lowest BCUT2D eigenvalue weighted by atomic mass is 9.98. The highest BCUT2D eigenvalue weighted by Crippen LogP contribution is 2.19. The first-order chi connectivity index (χ1) is 9.19. The molecule has 0 spiro atoms. The maximum atomic E-state index is 4.50. The van der Waals surface area contributed by atoms with E-state index in [1.165, 1.54) is 19.3 Å². The number of piperidine rings is 1. The Morgan fingerprint density at radius 2 is 2.32 bits per heavy atom. The molecular formula is C15H26N4. The SMILES string of the molecule is CCCNC1CCN(Cc2ccnc(C)n2)C(C)C1. The maximum Gasteiger partial charge on any atom is 0.125 e. The fraction of sp³-hybridized carbons (Fsp3) is 0.733. The van der Waals surface area contributed by atoms with Crippen LogP contribution in [-0.2, 0) is 6.54 Å². The summed E-state index contributed by atoms with van der Waals surface area (Å²) >= 11 is 0. The van der Waals surface area contributed by atoms with Crippen molar-refractivity contribution >= 4 is 0 Å². The molecule has 106 valence electrons. The molecule has 1 aliphatic rings. The molecule has 0 radical (unpaired) electrons. The fourth-order valence-corrected chi connectivity index (χ4v) is 2.79. The van der Waals surface area contributed by atoms with Crippen molar-refractivity contribution in [3.63, 3.8) is 0 Å². The molecule has 1 N–H and O–H groups in total. The Morgan fingerprint density at radius 3 is 3.00 bits per heavy atom. The molecule has 1 saturated heterocycles. The van der Waals surface area contributed by atoms with Gasteiger partial charge in [-0.25, -0.2) is 9.97 Å². The minimum atomic E-state index is 0.623. The number of nitrogens with zero attached hydrogens (tertiary/aromatic N) is 3. The second-order valence-corrected chi connectivity index (χ2v) is 5.59. The highest BCUT2D eigenvalue weighted by molar-refractivity contribution is 5.02. The van der Waals surface area contributed by atoms with Crippen LogP contribution in [0.3, 0.4) is 0 Å². The maximum absolute atomic E-state index is 4.50. The second kappa shape index (κ2) is 6.96. The number of hydrogen-bond acceptors (Lipinski definition) is 4. The molecule has 2 unspecified atom stereocenters. The van der Waals surface area contributed by atoms with Gasteiger partial charge in [-0.05, 0) is 45.7 Å². The highest BCUT2D eigenvalue weighted by Gasteiger charge is 2.25. The van der Waals surface area contributed by atoms with E-state index < -0.39 is 0 Å². The van der Waals surface area contributed by atoms with Gasteiger partial charge in [0.25, 0.3) is 0 Å². The Hall–Kier alpha value is -1.00. The van der Waals surface area contributed by atoms with Crippen LogP contribution in [0.5, 0.6) is 0 Å². The first-order valence-electron chi connectivity index (χ1n) is 7.45. The van der Waals surface area contributed by atoms with Gasteiger partial charge in [-0.15, -0.1) is 0 Å². The molecule has 0 aromatic carbocycles. The molecule has 1 aromatic heterocycles. The standard InChI is InChI=1S/C15H26N4/c1-4-7-17-14-6-9-19(12(2)10-14)11-15-5-8-16-13(3)18-15/h5,8,12,14,17H,4,6-7,9-11H2,1-3H3. The molecule has 4 nitrogen and oxygen atoms in total. The lowest BCUT2D eigenvalue weighted by molar-refractivity contribution is 0.127. The van der Waals surface area contributed by atoms with Crippen LogP contribution < -0.4 is 5.32 Å². The monoisotopic (exact) mass is 262 g/mol. The van der Waals surface area contributed by atoms with E-state index in [1.807, 2.05) is 19.2 Å². The van der Waals surface area contributed by atoms with E-state index in [0.717, 1.165) is 31.2 Å². The molecule has 4 heteroatoms. The smallest absolute Gasteiger partial charge is 0.125 e. The van der Waals surface area contributed by atoms with E-state index in [1.54, 1.807) is 0 Å². The van der Waals surface area contributed by atoms with E-state index in [9.17, 15) is 0 Å². The molecule has 2 rings (SSSR count). The zero-order valence-electron chi connectivity index (χ0n) is 12.4. The van der Waals surface area contributed by atoms with Gasteiger partial charge < -0.3 is 5.32 Å². The van der Waals surface area contributed by atoms with Crippen molar-refractivity contribution in [2.75, 3.05) is 13.1 Å². The van der Waals surface area contributed by atoms with Gasteiger partial charge in [0.1, 0.15) is 5.82 Å². The van der Waals surface area contributed by atoms with E-state index in [2.05, 4.69) is 34.0 Å². The number of rotatable bonds is 5. The minimum Gasteiger partial charge on any atom is -0.314 e. The van der Waals surface area contributed by atoms with Crippen molar-refractivity contribution in [2.24, 2.45) is 0 Å². The summed E-state index contributed by atoms with van der Waals surface area (Å²) in [6.45, 7) is 9.75. The first-order valence-corrected chi connectivity index (χ1v) is 7.45. The van der Waals surface area contributed by atoms with Crippen molar-refractivity contribution in [3.8, 4) is 0 Å². The molecule has 0 aliphatic carbocycles. The Labute approximate surface area is 116 Å². The molecular weight excluding hydrogens is 236 g/mol. The summed E-state index contributed by atoms with van der Waals surface area (Å²) in [5.74, 6) is 0.865. The quantitative estimate of drug-likeness (QED) is 0.882. The topological polar surface area (TPSA) is 41.0 Å². The Morgan fingerprint density at radius 1 is 1.47 bits per heavy atom. The van der Waals surface area contributed by atoms with Gasteiger partial charge in [0.05, 0.1) is 5.69 Å². The molecule has 1 aliphatic heterocycles. The third kappa shape index (κ3) is 4.25. The molecule has 0 amide bonds. The largest absolute Gasteiger partial charge is 0.314 e. The summed E-state index contributed by atoms with van der Waals surface area (Å²) < 4.78 is 0. The lowest BCUT2D eigenvalue weighted by Gasteiger charge is -2.37. The Kier molecular flexibility index (Phi) is 5.28. The third-order valence-electron chi connectivity index (χ3n) is 3.90. The summed E-state index contributed by atoms with van der Waals surface area (Å²) in [7, 11) is 0.